The summed E-state index contributed by atoms with van der Waals surface area (Å²) in [7, 11) is 1.78. The van der Waals surface area contributed by atoms with E-state index in [-0.39, 0.29) is 12.2 Å². The number of aryl methyl sites for hydroxylation is 2. The number of aromatic nitrogens is 3. The summed E-state index contributed by atoms with van der Waals surface area (Å²) in [6.07, 6.45) is 2.03. The fourth-order valence-electron chi connectivity index (χ4n) is 1.59. The second-order valence-corrected chi connectivity index (χ2v) is 4.82. The van der Waals surface area contributed by atoms with E-state index in [0.29, 0.717) is 11.3 Å². The van der Waals surface area contributed by atoms with E-state index in [1.54, 1.807) is 17.9 Å². The van der Waals surface area contributed by atoms with Gasteiger partial charge in [0.05, 0.1) is 12.1 Å². The molecule has 0 aliphatic heterocycles. The summed E-state index contributed by atoms with van der Waals surface area (Å²) in [6.45, 7) is 1.96. The zero-order valence-corrected chi connectivity index (χ0v) is 11.2. The summed E-state index contributed by atoms with van der Waals surface area (Å²) >= 11 is 3.39. The largest absolute Gasteiger partial charge is 0.294 e. The van der Waals surface area contributed by atoms with E-state index in [1.165, 1.54) is 0 Å². The Kier molecular flexibility index (Phi) is 3.38. The third kappa shape index (κ3) is 2.79. The fraction of sp³-hybridized carbons (Fsp3) is 0.250. The van der Waals surface area contributed by atoms with Gasteiger partial charge in [-0.15, -0.1) is 5.10 Å². The normalized spacial score (nSPS) is 10.5. The molecule has 0 aliphatic carbocycles. The minimum Gasteiger partial charge on any atom is -0.294 e. The molecule has 0 saturated heterocycles. The molecule has 0 radical (unpaired) electrons. The van der Waals surface area contributed by atoms with E-state index in [4.69, 9.17) is 0 Å². The van der Waals surface area contributed by atoms with Crippen molar-refractivity contribution in [3.8, 4) is 0 Å². The predicted octanol–water partition coefficient (Wildman–Crippen LogP) is 2.31. The van der Waals surface area contributed by atoms with Crippen LogP contribution < -0.4 is 0 Å². The molecule has 0 unspecified atom stereocenters. The van der Waals surface area contributed by atoms with E-state index in [9.17, 15) is 4.79 Å². The van der Waals surface area contributed by atoms with Gasteiger partial charge in [0.15, 0.2) is 5.78 Å². The van der Waals surface area contributed by atoms with E-state index in [1.807, 2.05) is 25.1 Å². The number of benzene rings is 1. The van der Waals surface area contributed by atoms with Gasteiger partial charge in [0.25, 0.3) is 0 Å². The molecule has 0 bridgehead atoms. The Morgan fingerprint density at radius 3 is 2.88 bits per heavy atom. The van der Waals surface area contributed by atoms with Gasteiger partial charge in [-0.1, -0.05) is 32.8 Å². The molecule has 0 N–H and O–H groups in total. The molecule has 0 saturated carbocycles. The first-order valence-corrected chi connectivity index (χ1v) is 6.00. The number of hydrogen-bond donors (Lipinski definition) is 0. The SMILES string of the molecule is Cc1ccc(Br)c(C(=O)Cc2cn(C)nn2)c1. The summed E-state index contributed by atoms with van der Waals surface area (Å²) in [5.41, 5.74) is 2.44. The van der Waals surface area contributed by atoms with Crippen LogP contribution in [0.25, 0.3) is 0 Å². The van der Waals surface area contributed by atoms with Gasteiger partial charge in [0.1, 0.15) is 0 Å². The van der Waals surface area contributed by atoms with Crippen LogP contribution in [0.5, 0.6) is 0 Å². The number of carbonyl (C=O) groups excluding carboxylic acids is 1. The molecule has 4 nitrogen and oxygen atoms in total. The zero-order valence-electron chi connectivity index (χ0n) is 9.64. The molecule has 88 valence electrons. The van der Waals surface area contributed by atoms with Crippen LogP contribution in [0.3, 0.4) is 0 Å². The number of halogens is 1. The van der Waals surface area contributed by atoms with Crippen molar-refractivity contribution < 1.29 is 4.79 Å². The Morgan fingerprint density at radius 1 is 1.47 bits per heavy atom. The molecule has 0 atom stereocenters. The highest BCUT2D eigenvalue weighted by atomic mass is 79.9. The van der Waals surface area contributed by atoms with Gasteiger partial charge >= 0.3 is 0 Å². The molecular formula is C12H12BrN3O. The molecule has 1 aromatic carbocycles. The Labute approximate surface area is 108 Å². The zero-order chi connectivity index (χ0) is 12.4. The van der Waals surface area contributed by atoms with Gasteiger partial charge in [0, 0.05) is 23.3 Å². The van der Waals surface area contributed by atoms with E-state index >= 15 is 0 Å². The molecule has 0 spiro atoms. The minimum absolute atomic E-state index is 0.0427. The standard InChI is InChI=1S/C12H12BrN3O/c1-8-3-4-11(13)10(5-8)12(17)6-9-7-16(2)15-14-9/h3-5,7H,6H2,1-2H3. The average molecular weight is 294 g/mol. The van der Waals surface area contributed by atoms with Crippen LogP contribution in [0, 0.1) is 6.92 Å². The van der Waals surface area contributed by atoms with Crippen LogP contribution in [0.15, 0.2) is 28.9 Å². The Balaban J connectivity index is 2.22. The number of rotatable bonds is 3. The Morgan fingerprint density at radius 2 is 2.24 bits per heavy atom. The van der Waals surface area contributed by atoms with E-state index in [2.05, 4.69) is 26.2 Å². The summed E-state index contributed by atoms with van der Waals surface area (Å²) in [6, 6.07) is 5.73. The second kappa shape index (κ2) is 4.79. The molecule has 0 aliphatic rings. The fourth-order valence-corrected chi connectivity index (χ4v) is 2.06. The van der Waals surface area contributed by atoms with Crippen LogP contribution >= 0.6 is 15.9 Å². The number of nitrogens with zero attached hydrogens (tertiary/aromatic N) is 3. The molecule has 2 aromatic rings. The molecule has 17 heavy (non-hydrogen) atoms. The maximum atomic E-state index is 12.1. The van der Waals surface area contributed by atoms with Crippen LogP contribution in [0.2, 0.25) is 0 Å². The lowest BCUT2D eigenvalue weighted by Gasteiger charge is -2.03. The van der Waals surface area contributed by atoms with Gasteiger partial charge in [-0.25, -0.2) is 0 Å². The molecule has 0 fully saturated rings. The van der Waals surface area contributed by atoms with Gasteiger partial charge in [-0.2, -0.15) is 0 Å². The van der Waals surface area contributed by atoms with Crippen LogP contribution in [-0.2, 0) is 13.5 Å². The van der Waals surface area contributed by atoms with Crippen molar-refractivity contribution >= 4 is 21.7 Å². The van der Waals surface area contributed by atoms with Crippen molar-refractivity contribution in [1.82, 2.24) is 15.0 Å². The monoisotopic (exact) mass is 293 g/mol. The molecule has 1 heterocycles. The lowest BCUT2D eigenvalue weighted by molar-refractivity contribution is 0.0991. The molecule has 0 amide bonds. The summed E-state index contributed by atoms with van der Waals surface area (Å²) in [5, 5.41) is 7.72. The highest BCUT2D eigenvalue weighted by Crippen LogP contribution is 2.19. The van der Waals surface area contributed by atoms with Gasteiger partial charge in [0.2, 0.25) is 0 Å². The highest BCUT2D eigenvalue weighted by molar-refractivity contribution is 9.10. The number of carbonyl (C=O) groups is 1. The van der Waals surface area contributed by atoms with Crippen molar-refractivity contribution in [3.63, 3.8) is 0 Å². The predicted molar refractivity (Wildman–Crippen MR) is 67.9 cm³/mol. The van der Waals surface area contributed by atoms with Gasteiger partial charge in [-0.05, 0) is 19.1 Å². The average Bonchev–Trinajstić information content (AvgIpc) is 2.67. The number of hydrogen-bond acceptors (Lipinski definition) is 3. The van der Waals surface area contributed by atoms with Crippen LogP contribution in [-0.4, -0.2) is 20.8 Å². The Bertz CT molecular complexity index is 563. The Hall–Kier alpha value is -1.49. The number of Topliss-reactive ketones (excluding diaryl/α,β-unsaturated/α-hetero) is 1. The summed E-state index contributed by atoms with van der Waals surface area (Å²) in [5.74, 6) is 0.0427. The van der Waals surface area contributed by atoms with Gasteiger partial charge < -0.3 is 0 Å². The van der Waals surface area contributed by atoms with Crippen LogP contribution in [0.4, 0.5) is 0 Å². The van der Waals surface area contributed by atoms with Crippen molar-refractivity contribution in [2.45, 2.75) is 13.3 Å². The maximum absolute atomic E-state index is 12.1. The maximum Gasteiger partial charge on any atom is 0.170 e. The minimum atomic E-state index is 0.0427. The van der Waals surface area contributed by atoms with E-state index in [0.717, 1.165) is 10.0 Å². The van der Waals surface area contributed by atoms with Crippen molar-refractivity contribution in [2.75, 3.05) is 0 Å². The first-order chi connectivity index (χ1) is 8.06. The molecule has 2 rings (SSSR count). The van der Waals surface area contributed by atoms with E-state index < -0.39 is 0 Å². The lowest BCUT2D eigenvalue weighted by Crippen LogP contribution is -2.05. The molecule has 5 heteroatoms. The van der Waals surface area contributed by atoms with Crippen molar-refractivity contribution in [1.29, 1.82) is 0 Å². The molecule has 1 aromatic heterocycles. The highest BCUT2D eigenvalue weighted by Gasteiger charge is 2.12. The van der Waals surface area contributed by atoms with Crippen molar-refractivity contribution in [3.05, 3.63) is 45.7 Å². The topological polar surface area (TPSA) is 47.8 Å². The first kappa shape index (κ1) is 12.0. The van der Waals surface area contributed by atoms with Crippen LogP contribution in [0.1, 0.15) is 21.6 Å². The second-order valence-electron chi connectivity index (χ2n) is 3.97. The quantitative estimate of drug-likeness (QED) is 0.816. The third-order valence-electron chi connectivity index (χ3n) is 2.41. The molecular weight excluding hydrogens is 282 g/mol. The first-order valence-electron chi connectivity index (χ1n) is 5.21. The lowest BCUT2D eigenvalue weighted by atomic mass is 10.0. The third-order valence-corrected chi connectivity index (χ3v) is 3.11. The summed E-state index contributed by atoms with van der Waals surface area (Å²) < 4.78 is 2.41. The van der Waals surface area contributed by atoms with Gasteiger partial charge in [-0.3, -0.25) is 9.48 Å². The summed E-state index contributed by atoms with van der Waals surface area (Å²) in [4.78, 5) is 12.1. The smallest absolute Gasteiger partial charge is 0.170 e. The number of ketones is 1. The van der Waals surface area contributed by atoms with Crippen molar-refractivity contribution in [2.24, 2.45) is 7.05 Å².